The van der Waals surface area contributed by atoms with Crippen molar-refractivity contribution in [3.63, 3.8) is 0 Å². The summed E-state index contributed by atoms with van der Waals surface area (Å²) in [6.07, 6.45) is 3.09. The molecule has 0 radical (unpaired) electrons. The molecule has 0 saturated heterocycles. The number of H-pyrrole nitrogens is 1. The van der Waals surface area contributed by atoms with E-state index in [0.717, 1.165) is 0 Å². The van der Waals surface area contributed by atoms with Gasteiger partial charge in [0.1, 0.15) is 0 Å². The van der Waals surface area contributed by atoms with Gasteiger partial charge in [-0.15, -0.1) is 4.68 Å². The zero-order valence-electron chi connectivity index (χ0n) is 3.72. The molecular weight excluding hydrogens is 94.1 g/mol. The maximum atomic E-state index is 10.3. The Morgan fingerprint density at radius 2 is 2.57 bits per heavy atom. The molecule has 0 fully saturated rings. The van der Waals surface area contributed by atoms with Crippen LogP contribution in [0.3, 0.4) is 0 Å². The molecule has 0 aliphatic carbocycles. The third kappa shape index (κ3) is 0.545. The SMILES string of the molecule is [NH3+]n1cc[nH]c1=O. The van der Waals surface area contributed by atoms with Crippen molar-refractivity contribution >= 4 is 0 Å². The number of rotatable bonds is 0. The van der Waals surface area contributed by atoms with E-state index in [1.54, 1.807) is 6.20 Å². The van der Waals surface area contributed by atoms with Crippen LogP contribution in [0.5, 0.6) is 0 Å². The molecule has 4 nitrogen and oxygen atoms in total. The molecule has 0 spiro atoms. The lowest BCUT2D eigenvalue weighted by Crippen LogP contribution is -2.60. The van der Waals surface area contributed by atoms with E-state index in [1.807, 2.05) is 0 Å². The Labute approximate surface area is 39.5 Å². The fourth-order valence-corrected chi connectivity index (χ4v) is 0.349. The summed E-state index contributed by atoms with van der Waals surface area (Å²) in [5, 5.41) is 0. The quantitative estimate of drug-likeness (QED) is 0.396. The first kappa shape index (κ1) is 4.14. The van der Waals surface area contributed by atoms with Crippen LogP contribution in [0, 0.1) is 0 Å². The average Bonchev–Trinajstić information content (AvgIpc) is 1.91. The van der Waals surface area contributed by atoms with Crippen LogP contribution < -0.4 is 11.5 Å². The van der Waals surface area contributed by atoms with Gasteiger partial charge in [-0.3, -0.25) is 0 Å². The second kappa shape index (κ2) is 1.23. The van der Waals surface area contributed by atoms with E-state index in [-0.39, 0.29) is 5.69 Å². The van der Waals surface area contributed by atoms with E-state index in [1.165, 1.54) is 10.9 Å². The molecule has 0 aromatic carbocycles. The standard InChI is InChI=1S/C3H5N3O/c4-6-2-1-5-3(6)7/h1-2H,4H2,(H,5,7)/p+1. The lowest BCUT2D eigenvalue weighted by Gasteiger charge is -1.72. The van der Waals surface area contributed by atoms with E-state index in [9.17, 15) is 4.79 Å². The first-order valence-electron chi connectivity index (χ1n) is 1.87. The summed E-state index contributed by atoms with van der Waals surface area (Å²) < 4.78 is 1.22. The van der Waals surface area contributed by atoms with Gasteiger partial charge in [0.2, 0.25) is 0 Å². The summed E-state index contributed by atoms with van der Waals surface area (Å²) >= 11 is 0. The molecule has 0 bridgehead atoms. The highest BCUT2D eigenvalue weighted by atomic mass is 16.1. The fourth-order valence-electron chi connectivity index (χ4n) is 0.349. The van der Waals surface area contributed by atoms with Gasteiger partial charge in [0.25, 0.3) is 0 Å². The molecule has 1 aromatic heterocycles. The molecule has 4 N–H and O–H groups in total. The highest BCUT2D eigenvalue weighted by molar-refractivity contribution is 4.69. The normalized spacial score (nSPS) is 9.29. The van der Waals surface area contributed by atoms with Crippen molar-refractivity contribution in [2.24, 2.45) is 0 Å². The predicted octanol–water partition coefficient (Wildman–Crippen LogP) is -1.82. The molecule has 0 aliphatic heterocycles. The van der Waals surface area contributed by atoms with Crippen LogP contribution in [0.4, 0.5) is 0 Å². The second-order valence-electron chi connectivity index (χ2n) is 1.24. The van der Waals surface area contributed by atoms with Crippen LogP contribution >= 0.6 is 0 Å². The minimum Gasteiger partial charge on any atom is -0.309 e. The number of aromatic nitrogens is 2. The largest absolute Gasteiger partial charge is 0.369 e. The van der Waals surface area contributed by atoms with Crippen molar-refractivity contribution in [2.45, 2.75) is 0 Å². The topological polar surface area (TPSA) is 65.4 Å². The lowest BCUT2D eigenvalue weighted by molar-refractivity contribution is -0.443. The number of imidazole rings is 1. The van der Waals surface area contributed by atoms with Gasteiger partial charge in [0, 0.05) is 6.20 Å². The van der Waals surface area contributed by atoms with Crippen LogP contribution in [-0.4, -0.2) is 9.66 Å². The molecule has 0 amide bonds. The van der Waals surface area contributed by atoms with Gasteiger partial charge in [-0.1, -0.05) is 0 Å². The smallest absolute Gasteiger partial charge is 0.309 e. The number of hydrogen-bond donors (Lipinski definition) is 2. The molecule has 0 saturated carbocycles. The van der Waals surface area contributed by atoms with Crippen LogP contribution in [0.25, 0.3) is 0 Å². The van der Waals surface area contributed by atoms with Gasteiger partial charge in [-0.05, 0) is 0 Å². The fraction of sp³-hybridized carbons (Fsp3) is 0. The van der Waals surface area contributed by atoms with E-state index >= 15 is 0 Å². The average molecular weight is 100 g/mol. The van der Waals surface area contributed by atoms with Crippen LogP contribution in [0.15, 0.2) is 17.2 Å². The van der Waals surface area contributed by atoms with Crippen LogP contribution in [-0.2, 0) is 0 Å². The Balaban J connectivity index is 3.39. The van der Waals surface area contributed by atoms with Crippen molar-refractivity contribution in [1.29, 1.82) is 0 Å². The number of nitrogens with zero attached hydrogens (tertiary/aromatic N) is 1. The Morgan fingerprint density at radius 3 is 2.71 bits per heavy atom. The Bertz CT molecular complexity index is 198. The third-order valence-electron chi connectivity index (χ3n) is 0.722. The maximum Gasteiger partial charge on any atom is 0.369 e. The summed E-state index contributed by atoms with van der Waals surface area (Å²) in [5.41, 5.74) is -0.181. The van der Waals surface area contributed by atoms with E-state index < -0.39 is 0 Å². The minimum atomic E-state index is -0.181. The molecule has 0 unspecified atom stereocenters. The third-order valence-corrected chi connectivity index (χ3v) is 0.722. The van der Waals surface area contributed by atoms with Gasteiger partial charge in [0.15, 0.2) is 0 Å². The van der Waals surface area contributed by atoms with E-state index in [0.29, 0.717) is 0 Å². The lowest BCUT2D eigenvalue weighted by atomic mass is 11.0. The van der Waals surface area contributed by atoms with Gasteiger partial charge in [-0.25, -0.2) is 10.6 Å². The van der Waals surface area contributed by atoms with Crippen molar-refractivity contribution in [1.82, 2.24) is 9.66 Å². The van der Waals surface area contributed by atoms with Gasteiger partial charge < -0.3 is 4.98 Å². The monoisotopic (exact) mass is 100 g/mol. The second-order valence-corrected chi connectivity index (χ2v) is 1.24. The Hall–Kier alpha value is -1.03. The predicted molar refractivity (Wildman–Crippen MR) is 23.3 cm³/mol. The van der Waals surface area contributed by atoms with Crippen LogP contribution in [0.1, 0.15) is 0 Å². The number of nitrogens with one attached hydrogen (secondary N) is 1. The molecule has 0 atom stereocenters. The highest BCUT2D eigenvalue weighted by Gasteiger charge is 1.85. The summed E-state index contributed by atoms with van der Waals surface area (Å²) in [5.74, 6) is 3.35. The van der Waals surface area contributed by atoms with E-state index in [4.69, 9.17) is 0 Å². The van der Waals surface area contributed by atoms with Crippen molar-refractivity contribution in [3.8, 4) is 0 Å². The van der Waals surface area contributed by atoms with Crippen molar-refractivity contribution < 1.29 is 5.84 Å². The zero-order chi connectivity index (χ0) is 5.28. The molecule has 7 heavy (non-hydrogen) atoms. The summed E-state index contributed by atoms with van der Waals surface area (Å²) in [7, 11) is 0. The highest BCUT2D eigenvalue weighted by Crippen LogP contribution is 1.58. The van der Waals surface area contributed by atoms with Crippen LogP contribution in [0.2, 0.25) is 0 Å². The first-order valence-corrected chi connectivity index (χ1v) is 1.87. The maximum absolute atomic E-state index is 10.3. The molecular formula is C3H6N3O+. The molecule has 1 rings (SSSR count). The van der Waals surface area contributed by atoms with Crippen molar-refractivity contribution in [2.75, 3.05) is 0 Å². The summed E-state index contributed by atoms with van der Waals surface area (Å²) in [6, 6.07) is 0. The summed E-state index contributed by atoms with van der Waals surface area (Å²) in [4.78, 5) is 12.7. The number of quaternary nitrogens is 1. The first-order chi connectivity index (χ1) is 3.30. The molecule has 4 heteroatoms. The molecule has 0 aliphatic rings. The number of aromatic amines is 1. The van der Waals surface area contributed by atoms with Gasteiger partial charge in [-0.2, -0.15) is 0 Å². The summed E-state index contributed by atoms with van der Waals surface area (Å²) in [6.45, 7) is 0. The molecule has 1 heterocycles. The zero-order valence-corrected chi connectivity index (χ0v) is 3.72. The van der Waals surface area contributed by atoms with Gasteiger partial charge in [0.05, 0.1) is 6.20 Å². The number of hydrogen-bond acceptors (Lipinski definition) is 1. The van der Waals surface area contributed by atoms with E-state index in [2.05, 4.69) is 10.8 Å². The minimum absolute atomic E-state index is 0.181. The Kier molecular flexibility index (Phi) is 0.729. The Morgan fingerprint density at radius 1 is 1.86 bits per heavy atom. The molecule has 1 aromatic rings. The van der Waals surface area contributed by atoms with Crippen molar-refractivity contribution in [3.05, 3.63) is 22.9 Å². The van der Waals surface area contributed by atoms with Gasteiger partial charge >= 0.3 is 5.69 Å². The molecule has 38 valence electrons.